The van der Waals surface area contributed by atoms with Crippen LogP contribution in [0.2, 0.25) is 0 Å². The summed E-state index contributed by atoms with van der Waals surface area (Å²) in [6, 6.07) is 0. The molecule has 0 spiro atoms. The molecule has 0 fully saturated rings. The van der Waals surface area contributed by atoms with Crippen molar-refractivity contribution in [2.24, 2.45) is 0 Å². The van der Waals surface area contributed by atoms with Crippen LogP contribution in [0.4, 0.5) is 5.13 Å². The van der Waals surface area contributed by atoms with Gasteiger partial charge in [0, 0.05) is 18.8 Å². The number of Topliss-reactive ketones (excluding diaryl/α,β-unsaturated/α-hetero) is 1. The number of hydrogen-bond donors (Lipinski definition) is 1. The van der Waals surface area contributed by atoms with Gasteiger partial charge >= 0.3 is 0 Å². The van der Waals surface area contributed by atoms with Crippen LogP contribution in [0.1, 0.15) is 43.6 Å². The second-order valence-corrected chi connectivity index (χ2v) is 4.09. The van der Waals surface area contributed by atoms with Gasteiger partial charge in [-0.2, -0.15) is 0 Å². The van der Waals surface area contributed by atoms with E-state index in [1.54, 1.807) is 5.38 Å². The van der Waals surface area contributed by atoms with Crippen LogP contribution in [0.5, 0.6) is 0 Å². The first-order chi connectivity index (χ1) is 6.74. The lowest BCUT2D eigenvalue weighted by Gasteiger charge is -2.00. The van der Waals surface area contributed by atoms with E-state index in [1.807, 2.05) is 0 Å². The molecule has 0 aliphatic rings. The predicted octanol–water partition coefficient (Wildman–Crippen LogP) is 2.95. The minimum Gasteiger partial charge on any atom is -0.362 e. The molecule has 0 saturated heterocycles. The van der Waals surface area contributed by atoms with Gasteiger partial charge in [0.15, 0.2) is 10.9 Å². The lowest BCUT2D eigenvalue weighted by atomic mass is 10.2. The van der Waals surface area contributed by atoms with Gasteiger partial charge in [-0.15, -0.1) is 11.3 Å². The Labute approximate surface area is 88.6 Å². The number of aromatic nitrogens is 1. The predicted molar refractivity (Wildman–Crippen MR) is 60.1 cm³/mol. The van der Waals surface area contributed by atoms with Crippen molar-refractivity contribution in [2.75, 3.05) is 11.9 Å². The van der Waals surface area contributed by atoms with E-state index in [9.17, 15) is 4.79 Å². The molecule has 3 nitrogen and oxygen atoms in total. The van der Waals surface area contributed by atoms with Gasteiger partial charge in [0.25, 0.3) is 0 Å². The molecule has 78 valence electrons. The van der Waals surface area contributed by atoms with Crippen molar-refractivity contribution in [2.45, 2.75) is 33.1 Å². The van der Waals surface area contributed by atoms with Crippen molar-refractivity contribution in [3.63, 3.8) is 0 Å². The smallest absolute Gasteiger partial charge is 0.183 e. The highest BCUT2D eigenvalue weighted by Gasteiger charge is 2.04. The molecule has 0 amide bonds. The van der Waals surface area contributed by atoms with E-state index in [2.05, 4.69) is 17.2 Å². The lowest BCUT2D eigenvalue weighted by molar-refractivity contribution is 0.101. The Morgan fingerprint density at radius 1 is 1.57 bits per heavy atom. The largest absolute Gasteiger partial charge is 0.362 e. The fourth-order valence-electron chi connectivity index (χ4n) is 1.09. The van der Waals surface area contributed by atoms with E-state index in [1.165, 1.54) is 31.1 Å². The molecule has 1 rings (SSSR count). The molecule has 1 heterocycles. The molecule has 4 heteroatoms. The highest BCUT2D eigenvalue weighted by molar-refractivity contribution is 7.13. The van der Waals surface area contributed by atoms with E-state index in [0.29, 0.717) is 5.69 Å². The van der Waals surface area contributed by atoms with Gasteiger partial charge in [-0.3, -0.25) is 4.79 Å². The van der Waals surface area contributed by atoms with Gasteiger partial charge in [-0.05, 0) is 6.42 Å². The minimum absolute atomic E-state index is 0.0304. The summed E-state index contributed by atoms with van der Waals surface area (Å²) in [6.45, 7) is 4.66. The number of nitrogens with one attached hydrogen (secondary N) is 1. The maximum atomic E-state index is 11.0. The number of carbonyl (C=O) groups is 1. The Kier molecular flexibility index (Phi) is 4.59. The van der Waals surface area contributed by atoms with Crippen LogP contribution in [0.25, 0.3) is 0 Å². The molecule has 1 aromatic rings. The zero-order chi connectivity index (χ0) is 10.4. The maximum Gasteiger partial charge on any atom is 0.183 e. The molecule has 0 aliphatic heterocycles. The number of hydrogen-bond acceptors (Lipinski definition) is 4. The summed E-state index contributed by atoms with van der Waals surface area (Å²) in [5.74, 6) is 0.0304. The summed E-state index contributed by atoms with van der Waals surface area (Å²) in [7, 11) is 0. The zero-order valence-corrected chi connectivity index (χ0v) is 9.49. The molecule has 14 heavy (non-hydrogen) atoms. The molecule has 0 aliphatic carbocycles. The first-order valence-electron chi connectivity index (χ1n) is 4.94. The summed E-state index contributed by atoms with van der Waals surface area (Å²) >= 11 is 1.49. The molecule has 1 aromatic heterocycles. The number of rotatable bonds is 6. The van der Waals surface area contributed by atoms with Crippen molar-refractivity contribution >= 4 is 22.3 Å². The van der Waals surface area contributed by atoms with Crippen LogP contribution in [0, 0.1) is 0 Å². The number of unbranched alkanes of at least 4 members (excludes halogenated alkanes) is 2. The van der Waals surface area contributed by atoms with Crippen LogP contribution in [-0.2, 0) is 0 Å². The third-order valence-corrected chi connectivity index (χ3v) is 2.72. The molecular formula is C10H16N2OS. The first-order valence-corrected chi connectivity index (χ1v) is 5.82. The topological polar surface area (TPSA) is 42.0 Å². The zero-order valence-electron chi connectivity index (χ0n) is 8.67. The third-order valence-electron chi connectivity index (χ3n) is 1.92. The Bertz CT molecular complexity index is 296. The monoisotopic (exact) mass is 212 g/mol. The van der Waals surface area contributed by atoms with Crippen molar-refractivity contribution < 1.29 is 4.79 Å². The summed E-state index contributed by atoms with van der Waals surface area (Å²) < 4.78 is 0. The van der Waals surface area contributed by atoms with E-state index < -0.39 is 0 Å². The van der Waals surface area contributed by atoms with Crippen LogP contribution in [0.15, 0.2) is 5.38 Å². The molecule has 0 aromatic carbocycles. The lowest BCUT2D eigenvalue weighted by Crippen LogP contribution is -2.01. The first kappa shape index (κ1) is 11.2. The van der Waals surface area contributed by atoms with Crippen LogP contribution in [0.3, 0.4) is 0 Å². The number of thiazole rings is 1. The van der Waals surface area contributed by atoms with Gasteiger partial charge in [-0.1, -0.05) is 19.8 Å². The standard InChI is InChI=1S/C10H16N2OS/c1-3-4-5-6-11-10-12-9(7-14-10)8(2)13/h7H,3-6H2,1-2H3,(H,11,12). The van der Waals surface area contributed by atoms with Gasteiger partial charge in [-0.25, -0.2) is 4.98 Å². The molecule has 0 saturated carbocycles. The summed E-state index contributed by atoms with van der Waals surface area (Å²) in [5, 5.41) is 5.86. The van der Waals surface area contributed by atoms with Gasteiger partial charge < -0.3 is 5.32 Å². The van der Waals surface area contributed by atoms with E-state index in [0.717, 1.165) is 18.1 Å². The average Bonchev–Trinajstić information content (AvgIpc) is 2.61. The third kappa shape index (κ3) is 3.46. The Hall–Kier alpha value is -0.900. The minimum atomic E-state index is 0.0304. The number of anilines is 1. The Balaban J connectivity index is 2.33. The molecular weight excluding hydrogens is 196 g/mol. The average molecular weight is 212 g/mol. The molecule has 1 N–H and O–H groups in total. The Morgan fingerprint density at radius 2 is 2.36 bits per heavy atom. The number of ketones is 1. The summed E-state index contributed by atoms with van der Waals surface area (Å²) in [4.78, 5) is 15.1. The van der Waals surface area contributed by atoms with Crippen molar-refractivity contribution in [3.8, 4) is 0 Å². The summed E-state index contributed by atoms with van der Waals surface area (Å²) in [6.07, 6.45) is 3.61. The SMILES string of the molecule is CCCCCNc1nc(C(C)=O)cs1. The maximum absolute atomic E-state index is 11.0. The van der Waals surface area contributed by atoms with Gasteiger partial charge in [0.2, 0.25) is 0 Å². The number of nitrogens with zero attached hydrogens (tertiary/aromatic N) is 1. The van der Waals surface area contributed by atoms with Gasteiger partial charge in [0.1, 0.15) is 5.69 Å². The molecule has 0 bridgehead atoms. The second kappa shape index (κ2) is 5.75. The fourth-order valence-corrected chi connectivity index (χ4v) is 1.87. The van der Waals surface area contributed by atoms with Crippen molar-refractivity contribution in [1.29, 1.82) is 0 Å². The Morgan fingerprint density at radius 3 is 2.93 bits per heavy atom. The van der Waals surface area contributed by atoms with Crippen molar-refractivity contribution in [1.82, 2.24) is 4.98 Å². The van der Waals surface area contributed by atoms with Crippen LogP contribution >= 0.6 is 11.3 Å². The highest BCUT2D eigenvalue weighted by Crippen LogP contribution is 2.15. The van der Waals surface area contributed by atoms with E-state index in [-0.39, 0.29) is 5.78 Å². The second-order valence-electron chi connectivity index (χ2n) is 3.23. The number of carbonyl (C=O) groups excluding carboxylic acids is 1. The van der Waals surface area contributed by atoms with Gasteiger partial charge in [0.05, 0.1) is 0 Å². The fraction of sp³-hybridized carbons (Fsp3) is 0.600. The van der Waals surface area contributed by atoms with Crippen molar-refractivity contribution in [3.05, 3.63) is 11.1 Å². The van der Waals surface area contributed by atoms with E-state index >= 15 is 0 Å². The van der Waals surface area contributed by atoms with Crippen LogP contribution < -0.4 is 5.32 Å². The molecule has 0 unspecified atom stereocenters. The molecule has 0 radical (unpaired) electrons. The molecule has 0 atom stereocenters. The van der Waals surface area contributed by atoms with E-state index in [4.69, 9.17) is 0 Å². The highest BCUT2D eigenvalue weighted by atomic mass is 32.1. The quantitative estimate of drug-likeness (QED) is 0.582. The summed E-state index contributed by atoms with van der Waals surface area (Å²) in [5.41, 5.74) is 0.563. The van der Waals surface area contributed by atoms with Crippen LogP contribution in [-0.4, -0.2) is 17.3 Å². The normalized spacial score (nSPS) is 10.1.